The molecule has 41 heavy (non-hydrogen) atoms. The fourth-order valence-electron chi connectivity index (χ4n) is 8.32. The van der Waals surface area contributed by atoms with Crippen molar-refractivity contribution in [3.63, 3.8) is 0 Å². The van der Waals surface area contributed by atoms with Gasteiger partial charge in [-0.05, 0) is 80.3 Å². The van der Waals surface area contributed by atoms with Gasteiger partial charge in [-0.3, -0.25) is 19.2 Å². The molecule has 1 fully saturated rings. The summed E-state index contributed by atoms with van der Waals surface area (Å²) in [6.07, 6.45) is 0.414. The third kappa shape index (κ3) is 3.89. The van der Waals surface area contributed by atoms with Gasteiger partial charge in [0.1, 0.15) is 17.5 Å². The van der Waals surface area contributed by atoms with Crippen LogP contribution in [-0.2, 0) is 20.8 Å². The zero-order valence-corrected chi connectivity index (χ0v) is 24.6. The molecule has 6 nitrogen and oxygen atoms in total. The van der Waals surface area contributed by atoms with E-state index in [2.05, 4.69) is 11.8 Å². The number of benzene rings is 2. The molecule has 0 heterocycles. The van der Waals surface area contributed by atoms with Crippen molar-refractivity contribution in [1.82, 2.24) is 0 Å². The van der Waals surface area contributed by atoms with Gasteiger partial charge in [0.15, 0.2) is 23.0 Å². The lowest BCUT2D eigenvalue weighted by atomic mass is 9.41. The summed E-state index contributed by atoms with van der Waals surface area (Å²) in [4.78, 5) is 55.1. The van der Waals surface area contributed by atoms with Crippen molar-refractivity contribution in [1.29, 1.82) is 0 Å². The van der Waals surface area contributed by atoms with Gasteiger partial charge in [0.25, 0.3) is 0 Å². The third-order valence-corrected chi connectivity index (χ3v) is 9.67. The molecule has 2 aromatic carbocycles. The molecule has 2 N–H and O–H groups in total. The number of phenolic OH excluding ortho intramolecular Hbond substituents is 1. The maximum atomic E-state index is 14.4. The fourth-order valence-corrected chi connectivity index (χ4v) is 8.32. The minimum atomic E-state index is -2.54. The summed E-state index contributed by atoms with van der Waals surface area (Å²) in [6, 6.07) is 10.8. The standard InChI is InChI=1S/C35H36O6/c1-18(2)28-20(4)26(21(5)36)31(39)35(41)32(40)29-30(38)27-24(16-33(29,6)17-34(28,35)7)23(13-14-25(27)37)12-11-22-10-8-9-19(3)15-22/h8-10,13-15,18,26,29,37,41H,16-17H2,1-7H3/t26?,29?,33-,34-,35+/m0/s1. The largest absolute Gasteiger partial charge is 0.507 e. The Balaban J connectivity index is 1.72. The SMILES string of the molecule is CC(=O)C1C(=O)[C@@]2(O)C(=O)C3C(=O)c4c(O)ccc(C#Cc5cccc(C)c5)c4C[C@@]3(C)C[C@@]2(C)C(C(C)C)=C1C. The van der Waals surface area contributed by atoms with Crippen LogP contribution in [0.4, 0.5) is 0 Å². The number of carbonyl (C=O) groups excluding carboxylic acids is 4. The Morgan fingerprint density at radius 3 is 2.32 bits per heavy atom. The molecule has 0 saturated heterocycles. The monoisotopic (exact) mass is 552 g/mol. The molecule has 2 aromatic rings. The Hall–Kier alpha value is -3.82. The predicted octanol–water partition coefficient (Wildman–Crippen LogP) is 4.93. The first kappa shape index (κ1) is 28.7. The number of hydrogen-bond acceptors (Lipinski definition) is 6. The average Bonchev–Trinajstić information content (AvgIpc) is 2.85. The van der Waals surface area contributed by atoms with Gasteiger partial charge in [-0.15, -0.1) is 0 Å². The number of rotatable bonds is 2. The van der Waals surface area contributed by atoms with Crippen LogP contribution in [0.3, 0.4) is 0 Å². The molecular formula is C35H36O6. The van der Waals surface area contributed by atoms with E-state index < -0.39 is 51.4 Å². The first-order chi connectivity index (χ1) is 19.1. The summed E-state index contributed by atoms with van der Waals surface area (Å²) >= 11 is 0. The van der Waals surface area contributed by atoms with Crippen LogP contribution < -0.4 is 0 Å². The van der Waals surface area contributed by atoms with Crippen LogP contribution in [0.15, 0.2) is 47.5 Å². The number of aromatic hydroxyl groups is 1. The number of aliphatic hydroxyl groups is 1. The lowest BCUT2D eigenvalue weighted by Gasteiger charge is -2.60. The van der Waals surface area contributed by atoms with Crippen molar-refractivity contribution >= 4 is 23.1 Å². The van der Waals surface area contributed by atoms with Gasteiger partial charge >= 0.3 is 0 Å². The average molecular weight is 553 g/mol. The highest BCUT2D eigenvalue weighted by atomic mass is 16.3. The van der Waals surface area contributed by atoms with Crippen molar-refractivity contribution in [2.75, 3.05) is 0 Å². The Bertz CT molecular complexity index is 1650. The molecule has 0 bridgehead atoms. The van der Waals surface area contributed by atoms with Crippen molar-refractivity contribution in [3.05, 3.63) is 75.4 Å². The predicted molar refractivity (Wildman–Crippen MR) is 154 cm³/mol. The van der Waals surface area contributed by atoms with Crippen LogP contribution >= 0.6 is 0 Å². The minimum Gasteiger partial charge on any atom is -0.507 e. The van der Waals surface area contributed by atoms with E-state index in [0.29, 0.717) is 22.3 Å². The number of allylic oxidation sites excluding steroid dienone is 1. The van der Waals surface area contributed by atoms with Gasteiger partial charge in [-0.2, -0.15) is 0 Å². The van der Waals surface area contributed by atoms with Crippen LogP contribution in [0.1, 0.15) is 80.6 Å². The summed E-state index contributed by atoms with van der Waals surface area (Å²) in [5, 5.41) is 23.0. The molecule has 6 heteroatoms. The summed E-state index contributed by atoms with van der Waals surface area (Å²) < 4.78 is 0. The van der Waals surface area contributed by atoms with Crippen LogP contribution in [-0.4, -0.2) is 38.9 Å². The second-order valence-corrected chi connectivity index (χ2v) is 13.0. The summed E-state index contributed by atoms with van der Waals surface area (Å²) in [7, 11) is 0. The van der Waals surface area contributed by atoms with Crippen molar-refractivity contribution in [2.24, 2.45) is 28.6 Å². The Kier molecular flexibility index (Phi) is 6.55. The zero-order chi connectivity index (χ0) is 30.2. The molecule has 0 aromatic heterocycles. The Labute approximate surface area is 240 Å². The van der Waals surface area contributed by atoms with Gasteiger partial charge in [-0.1, -0.05) is 62.8 Å². The Morgan fingerprint density at radius 1 is 1.02 bits per heavy atom. The van der Waals surface area contributed by atoms with E-state index in [1.54, 1.807) is 19.9 Å². The molecule has 3 aliphatic carbocycles. The molecule has 0 radical (unpaired) electrons. The molecule has 3 aliphatic rings. The van der Waals surface area contributed by atoms with Crippen molar-refractivity contribution in [3.8, 4) is 17.6 Å². The van der Waals surface area contributed by atoms with E-state index in [0.717, 1.165) is 11.1 Å². The molecule has 212 valence electrons. The summed E-state index contributed by atoms with van der Waals surface area (Å²) in [5.41, 5.74) is -0.529. The molecule has 0 spiro atoms. The molecule has 1 saturated carbocycles. The first-order valence-corrected chi connectivity index (χ1v) is 14.1. The third-order valence-electron chi connectivity index (χ3n) is 9.67. The van der Waals surface area contributed by atoms with E-state index in [1.165, 1.54) is 13.0 Å². The number of carbonyl (C=O) groups is 4. The molecule has 0 amide bonds. The molecular weight excluding hydrogens is 516 g/mol. The maximum Gasteiger partial charge on any atom is 0.192 e. The zero-order valence-electron chi connectivity index (χ0n) is 24.6. The number of aryl methyl sites for hydroxylation is 1. The van der Waals surface area contributed by atoms with Crippen LogP contribution in [0.2, 0.25) is 0 Å². The number of hydrogen-bond donors (Lipinski definition) is 2. The van der Waals surface area contributed by atoms with E-state index in [4.69, 9.17) is 0 Å². The molecule has 0 aliphatic heterocycles. The highest BCUT2D eigenvalue weighted by molar-refractivity contribution is 6.27. The maximum absolute atomic E-state index is 14.4. The highest BCUT2D eigenvalue weighted by Crippen LogP contribution is 2.64. The van der Waals surface area contributed by atoms with E-state index in [-0.39, 0.29) is 30.1 Å². The van der Waals surface area contributed by atoms with Crippen molar-refractivity contribution in [2.45, 2.75) is 66.9 Å². The van der Waals surface area contributed by atoms with Gasteiger partial charge in [0.2, 0.25) is 0 Å². The summed E-state index contributed by atoms with van der Waals surface area (Å²) in [5.74, 6) is 0.462. The number of phenols is 1. The topological polar surface area (TPSA) is 109 Å². The van der Waals surface area contributed by atoms with Crippen LogP contribution in [0.5, 0.6) is 5.75 Å². The number of ketones is 4. The van der Waals surface area contributed by atoms with Crippen LogP contribution in [0, 0.1) is 47.3 Å². The minimum absolute atomic E-state index is 0.00579. The lowest BCUT2D eigenvalue weighted by molar-refractivity contribution is -0.183. The van der Waals surface area contributed by atoms with Gasteiger partial charge in [-0.25, -0.2) is 0 Å². The van der Waals surface area contributed by atoms with Crippen molar-refractivity contribution < 1.29 is 29.4 Å². The molecule has 2 unspecified atom stereocenters. The van der Waals surface area contributed by atoms with E-state index in [1.807, 2.05) is 52.0 Å². The Morgan fingerprint density at radius 2 is 1.71 bits per heavy atom. The highest BCUT2D eigenvalue weighted by Gasteiger charge is 2.73. The normalized spacial score (nSPS) is 30.8. The fraction of sp³-hybridized carbons (Fsp3) is 0.429. The smallest absolute Gasteiger partial charge is 0.192 e. The molecule has 5 rings (SSSR count). The number of fused-ring (bicyclic) bond motifs is 3. The second-order valence-electron chi connectivity index (χ2n) is 13.0. The van der Waals surface area contributed by atoms with Gasteiger partial charge < -0.3 is 10.2 Å². The second kappa shape index (κ2) is 9.36. The quantitative estimate of drug-likeness (QED) is 0.311. The van der Waals surface area contributed by atoms with E-state index >= 15 is 0 Å². The summed E-state index contributed by atoms with van der Waals surface area (Å²) in [6.45, 7) is 12.4. The van der Waals surface area contributed by atoms with Crippen LogP contribution in [0.25, 0.3) is 0 Å². The molecule has 5 atom stereocenters. The number of Topliss-reactive ketones (excluding diaryl/α,β-unsaturated/α-hetero) is 4. The lowest BCUT2D eigenvalue weighted by Crippen LogP contribution is -2.73. The first-order valence-electron chi connectivity index (χ1n) is 14.1. The van der Waals surface area contributed by atoms with Gasteiger partial charge in [0.05, 0.1) is 11.5 Å². The van der Waals surface area contributed by atoms with E-state index in [9.17, 15) is 29.4 Å². The van der Waals surface area contributed by atoms with Gasteiger partial charge in [0, 0.05) is 16.5 Å².